The Hall–Kier alpha value is -2.33. The Kier molecular flexibility index (Phi) is 41.1. The molecule has 0 heterocycles. The van der Waals surface area contributed by atoms with E-state index >= 15 is 0 Å². The summed E-state index contributed by atoms with van der Waals surface area (Å²) in [5.74, 6) is -1.01. The Morgan fingerprint density at radius 1 is 0.517 bits per heavy atom. The van der Waals surface area contributed by atoms with Crippen molar-refractivity contribution in [2.24, 2.45) is 0 Å². The van der Waals surface area contributed by atoms with Gasteiger partial charge in [0.25, 0.3) is 0 Å². The van der Waals surface area contributed by atoms with Crippen molar-refractivity contribution in [1.29, 1.82) is 0 Å². The lowest BCUT2D eigenvalue weighted by molar-refractivity contribution is -0.161. The maximum atomic E-state index is 12.6. The van der Waals surface area contributed by atoms with Crippen molar-refractivity contribution in [2.75, 3.05) is 26.4 Å². The maximum Gasteiger partial charge on any atom is 0.472 e. The molecule has 0 saturated heterocycles. The fourth-order valence-corrected chi connectivity index (χ4v) is 6.67. The van der Waals surface area contributed by atoms with E-state index in [0.29, 0.717) is 12.8 Å². The van der Waals surface area contributed by atoms with Crippen LogP contribution in [0.2, 0.25) is 0 Å². The van der Waals surface area contributed by atoms with Crippen molar-refractivity contribution in [1.82, 2.24) is 0 Å². The highest BCUT2D eigenvalue weighted by molar-refractivity contribution is 7.47. The quantitative estimate of drug-likeness (QED) is 0.0235. The van der Waals surface area contributed by atoms with Gasteiger partial charge in [0.05, 0.1) is 19.8 Å². The van der Waals surface area contributed by atoms with E-state index in [1.807, 2.05) is 12.2 Å². The average molecular weight is 839 g/mol. The van der Waals surface area contributed by atoms with Gasteiger partial charge in [0.2, 0.25) is 0 Å². The second kappa shape index (κ2) is 42.8. The van der Waals surface area contributed by atoms with E-state index in [1.54, 1.807) is 0 Å². The molecule has 0 aliphatic rings. The fourth-order valence-electron chi connectivity index (χ4n) is 5.88. The topological polar surface area (TPSA) is 149 Å². The zero-order valence-electron chi connectivity index (χ0n) is 36.5. The lowest BCUT2D eigenvalue weighted by atomic mass is 10.1. The Bertz CT molecular complexity index is 1150. The summed E-state index contributed by atoms with van der Waals surface area (Å²) in [6.45, 7) is 2.27. The highest BCUT2D eigenvalue weighted by Gasteiger charge is 2.27. The van der Waals surface area contributed by atoms with Crippen LogP contribution in [0.1, 0.15) is 187 Å². The van der Waals surface area contributed by atoms with E-state index in [-0.39, 0.29) is 19.4 Å². The summed E-state index contributed by atoms with van der Waals surface area (Å²) in [7, 11) is -4.63. The maximum absolute atomic E-state index is 12.6. The number of phosphoric ester groups is 1. The van der Waals surface area contributed by atoms with Gasteiger partial charge in [-0.15, -0.1) is 0 Å². The van der Waals surface area contributed by atoms with Crippen LogP contribution >= 0.6 is 7.82 Å². The van der Waals surface area contributed by atoms with Crippen LogP contribution in [0.15, 0.2) is 60.8 Å². The van der Waals surface area contributed by atoms with Crippen LogP contribution in [0, 0.1) is 0 Å². The van der Waals surface area contributed by atoms with Crippen LogP contribution in [0.5, 0.6) is 0 Å². The van der Waals surface area contributed by atoms with Crippen molar-refractivity contribution in [3.63, 3.8) is 0 Å². The Morgan fingerprint density at radius 2 is 0.931 bits per heavy atom. The van der Waals surface area contributed by atoms with Gasteiger partial charge in [-0.3, -0.25) is 18.6 Å². The lowest BCUT2D eigenvalue weighted by Crippen LogP contribution is -2.29. The number of esters is 2. The summed E-state index contributed by atoms with van der Waals surface area (Å²) in [6.07, 6.45) is 47.8. The molecule has 0 fully saturated rings. The fraction of sp³-hybridized carbons (Fsp3) is 0.745. The molecule has 2 unspecified atom stereocenters. The number of allylic oxidation sites excluding steroid dienone is 10. The number of carbonyl (C=O) groups excluding carboxylic acids is 2. The van der Waals surface area contributed by atoms with Crippen LogP contribution in [-0.4, -0.2) is 65.7 Å². The van der Waals surface area contributed by atoms with Gasteiger partial charge in [0.15, 0.2) is 6.10 Å². The van der Waals surface area contributed by atoms with Crippen molar-refractivity contribution in [3.05, 3.63) is 60.8 Å². The van der Waals surface area contributed by atoms with Crippen LogP contribution in [0.4, 0.5) is 0 Å². The molecule has 0 bridgehead atoms. The molecule has 0 spiro atoms. The molecule has 3 N–H and O–H groups in total. The standard InChI is InChI=1S/C47H83O10P/c1-3-5-7-9-11-13-15-17-18-19-20-21-22-23-24-25-27-28-30-32-34-36-38-46(50)54-42-45(43-56-58(52,53)55-41-44(49)40-48)57-47(51)39-37-35-33-31-29-26-16-14-12-10-8-6-4-2/h11,13,17-18,20-21,26,29,33,35,44-45,48-49H,3-10,12,14-16,19,22-25,27-28,30-32,34,36-43H2,1-2H3,(H,52,53)/b13-11+,18-17+,21-20+,29-26+,35-33+/t44-,45?/m1/s1. The largest absolute Gasteiger partial charge is 0.472 e. The number of hydrogen-bond donors (Lipinski definition) is 3. The molecule has 58 heavy (non-hydrogen) atoms. The molecular weight excluding hydrogens is 755 g/mol. The highest BCUT2D eigenvalue weighted by atomic mass is 31.2. The number of unbranched alkanes of at least 4 members (excludes halogenated alkanes) is 18. The number of aliphatic hydroxyl groups excluding tert-OH is 2. The van der Waals surface area contributed by atoms with Crippen LogP contribution in [0.25, 0.3) is 0 Å². The molecule has 10 nitrogen and oxygen atoms in total. The van der Waals surface area contributed by atoms with Gasteiger partial charge >= 0.3 is 19.8 Å². The summed E-state index contributed by atoms with van der Waals surface area (Å²) >= 11 is 0. The molecule has 3 atom stereocenters. The molecule has 0 aromatic carbocycles. The molecule has 0 saturated carbocycles. The minimum atomic E-state index is -4.63. The van der Waals surface area contributed by atoms with Gasteiger partial charge in [-0.1, -0.05) is 164 Å². The molecule has 0 rings (SSSR count). The zero-order valence-corrected chi connectivity index (χ0v) is 37.4. The lowest BCUT2D eigenvalue weighted by Gasteiger charge is -2.20. The van der Waals surface area contributed by atoms with E-state index < -0.39 is 51.8 Å². The summed E-state index contributed by atoms with van der Waals surface area (Å²) in [5, 5.41) is 18.3. The number of hydrogen-bond acceptors (Lipinski definition) is 9. The van der Waals surface area contributed by atoms with Crippen molar-refractivity contribution >= 4 is 19.8 Å². The number of aliphatic hydroxyl groups is 2. The number of phosphoric acid groups is 1. The molecule has 0 radical (unpaired) electrons. The first-order valence-corrected chi connectivity index (χ1v) is 24.2. The average Bonchev–Trinajstić information content (AvgIpc) is 3.21. The third-order valence-electron chi connectivity index (χ3n) is 9.41. The van der Waals surface area contributed by atoms with Gasteiger partial charge in [-0.25, -0.2) is 4.57 Å². The predicted molar refractivity (Wildman–Crippen MR) is 237 cm³/mol. The van der Waals surface area contributed by atoms with Crippen molar-refractivity contribution in [2.45, 2.75) is 199 Å². The summed E-state index contributed by atoms with van der Waals surface area (Å²) in [6, 6.07) is 0. The minimum Gasteiger partial charge on any atom is -0.462 e. The number of carbonyl (C=O) groups is 2. The van der Waals surface area contributed by atoms with E-state index in [4.69, 9.17) is 19.1 Å². The van der Waals surface area contributed by atoms with Gasteiger partial charge < -0.3 is 24.6 Å². The van der Waals surface area contributed by atoms with E-state index in [2.05, 4.69) is 67.0 Å². The van der Waals surface area contributed by atoms with Crippen molar-refractivity contribution < 1.29 is 47.8 Å². The minimum absolute atomic E-state index is 0.0751. The molecule has 0 aliphatic carbocycles. The summed E-state index contributed by atoms with van der Waals surface area (Å²) in [4.78, 5) is 35.0. The monoisotopic (exact) mass is 839 g/mol. The van der Waals surface area contributed by atoms with Crippen molar-refractivity contribution in [3.8, 4) is 0 Å². The molecule has 0 aromatic rings. The van der Waals surface area contributed by atoms with Crippen LogP contribution < -0.4 is 0 Å². The van der Waals surface area contributed by atoms with E-state index in [9.17, 15) is 24.2 Å². The zero-order chi connectivity index (χ0) is 42.6. The third kappa shape index (κ3) is 41.8. The Morgan fingerprint density at radius 3 is 1.45 bits per heavy atom. The molecular formula is C47H83O10P. The van der Waals surface area contributed by atoms with Gasteiger partial charge in [-0.2, -0.15) is 0 Å². The van der Waals surface area contributed by atoms with Crippen LogP contribution in [-0.2, 0) is 32.7 Å². The molecule has 0 aliphatic heterocycles. The normalized spacial score (nSPS) is 14.4. The molecule has 0 aromatic heterocycles. The first kappa shape index (κ1) is 55.7. The van der Waals surface area contributed by atoms with Gasteiger partial charge in [0.1, 0.15) is 12.7 Å². The molecule has 336 valence electrons. The smallest absolute Gasteiger partial charge is 0.462 e. The summed E-state index contributed by atoms with van der Waals surface area (Å²) in [5.41, 5.74) is 0. The summed E-state index contributed by atoms with van der Waals surface area (Å²) < 4.78 is 32.6. The van der Waals surface area contributed by atoms with Gasteiger partial charge in [0, 0.05) is 12.8 Å². The highest BCUT2D eigenvalue weighted by Crippen LogP contribution is 2.43. The Labute approximate surface area is 353 Å². The SMILES string of the molecule is CCCCC/C=C/C/C=C/C/C=C/CCCCCCCCCCCC(=O)OCC(COP(=O)(O)OC[C@H](O)CO)OC(=O)CC/C=C/C/C=C/CCCCCCCC. The molecule has 11 heteroatoms. The number of rotatable bonds is 42. The van der Waals surface area contributed by atoms with E-state index in [1.165, 1.54) is 96.3 Å². The van der Waals surface area contributed by atoms with E-state index in [0.717, 1.165) is 51.4 Å². The predicted octanol–water partition coefficient (Wildman–Crippen LogP) is 12.3. The first-order valence-electron chi connectivity index (χ1n) is 22.7. The van der Waals surface area contributed by atoms with Crippen LogP contribution in [0.3, 0.4) is 0 Å². The second-order valence-corrected chi connectivity index (χ2v) is 16.5. The second-order valence-electron chi connectivity index (χ2n) is 15.1. The third-order valence-corrected chi connectivity index (χ3v) is 10.4. The Balaban J connectivity index is 4.28. The molecule has 0 amide bonds. The van der Waals surface area contributed by atoms with Gasteiger partial charge in [-0.05, 0) is 70.6 Å². The first-order chi connectivity index (χ1) is 28.2. The number of ether oxygens (including phenoxy) is 2.